The molecule has 0 amide bonds. The van der Waals surface area contributed by atoms with Gasteiger partial charge in [-0.1, -0.05) is 0 Å². The highest BCUT2D eigenvalue weighted by Crippen LogP contribution is 2.06. The number of hydrogen-bond acceptors (Lipinski definition) is 6. The number of rotatable bonds is 9. The first-order chi connectivity index (χ1) is 8.25. The molecule has 10 nitrogen and oxygen atoms in total. The molecular weight excluding hydrogens is 256 g/mol. The lowest BCUT2D eigenvalue weighted by Gasteiger charge is -2.19. The molecule has 0 aromatic rings. The third-order valence-electron chi connectivity index (χ3n) is 1.53. The van der Waals surface area contributed by atoms with E-state index in [4.69, 9.17) is 20.4 Å². The van der Waals surface area contributed by atoms with Crippen LogP contribution in [-0.2, 0) is 28.7 Å². The summed E-state index contributed by atoms with van der Waals surface area (Å²) in [6.45, 7) is -2.12. The minimum absolute atomic E-state index is 1.06. The summed E-state index contributed by atoms with van der Waals surface area (Å²) in [4.78, 5) is 41.8. The Morgan fingerprint density at radius 2 is 1.00 bits per heavy atom. The Morgan fingerprint density at radius 1 is 0.722 bits per heavy atom. The van der Waals surface area contributed by atoms with Gasteiger partial charge in [0, 0.05) is 0 Å². The van der Waals surface area contributed by atoms with Crippen molar-refractivity contribution >= 4 is 23.9 Å². The maximum Gasteiger partial charge on any atom is 0.336 e. The molecule has 0 saturated carbocycles. The zero-order valence-corrected chi connectivity index (χ0v) is 8.81. The molecule has 0 fully saturated rings. The molecule has 0 bridgehead atoms. The Balaban J connectivity index is 4.76. The van der Waals surface area contributed by atoms with Crippen molar-refractivity contribution in [3.63, 3.8) is 0 Å². The molecule has 10 heteroatoms. The average molecular weight is 266 g/mol. The normalized spacial score (nSPS) is 13.6. The molecular formula is C8H10O10. The molecule has 0 radical (unpaired) electrons. The molecule has 0 spiro atoms. The maximum atomic E-state index is 10.7. The van der Waals surface area contributed by atoms with Gasteiger partial charge in [0.2, 0.25) is 0 Å². The quantitative estimate of drug-likeness (QED) is 0.369. The van der Waals surface area contributed by atoms with Crippen LogP contribution >= 0.6 is 0 Å². The van der Waals surface area contributed by atoms with Crippen LogP contribution in [0.25, 0.3) is 0 Å². The largest absolute Gasteiger partial charge is 0.480 e. The number of ether oxygens (including phenoxy) is 2. The van der Waals surface area contributed by atoms with Crippen molar-refractivity contribution in [3.8, 4) is 0 Å². The third kappa shape index (κ3) is 5.77. The lowest BCUT2D eigenvalue weighted by Crippen LogP contribution is -2.45. The predicted molar refractivity (Wildman–Crippen MR) is 50.0 cm³/mol. The van der Waals surface area contributed by atoms with Crippen LogP contribution in [-0.4, -0.2) is 69.7 Å². The fourth-order valence-electron chi connectivity index (χ4n) is 0.898. The highest BCUT2D eigenvalue weighted by atomic mass is 16.6. The van der Waals surface area contributed by atoms with Gasteiger partial charge in [-0.05, 0) is 0 Å². The summed E-state index contributed by atoms with van der Waals surface area (Å²) in [7, 11) is 0. The minimum atomic E-state index is -2.13. The number of carboxylic acids is 4. The van der Waals surface area contributed by atoms with E-state index in [0.717, 1.165) is 0 Å². The standard InChI is InChI=1S/C8H10O10/c9-3(10)1-17-5(7(13)14)6(8(15)16)18-2-4(11)12/h5-6H,1-2H2,(H,9,10)(H,11,12)(H,13,14)(H,15,16). The molecule has 102 valence electrons. The van der Waals surface area contributed by atoms with Crippen molar-refractivity contribution in [2.24, 2.45) is 0 Å². The zero-order valence-electron chi connectivity index (χ0n) is 8.81. The van der Waals surface area contributed by atoms with Gasteiger partial charge in [-0.3, -0.25) is 0 Å². The van der Waals surface area contributed by atoms with Gasteiger partial charge in [0.15, 0.2) is 12.2 Å². The van der Waals surface area contributed by atoms with E-state index in [2.05, 4.69) is 9.47 Å². The van der Waals surface area contributed by atoms with E-state index in [1.54, 1.807) is 0 Å². The minimum Gasteiger partial charge on any atom is -0.480 e. The summed E-state index contributed by atoms with van der Waals surface area (Å²) in [5, 5.41) is 33.9. The van der Waals surface area contributed by atoms with E-state index in [-0.39, 0.29) is 0 Å². The molecule has 4 N–H and O–H groups in total. The predicted octanol–water partition coefficient (Wildman–Crippen LogP) is -1.90. The highest BCUT2D eigenvalue weighted by Gasteiger charge is 2.36. The van der Waals surface area contributed by atoms with E-state index in [0.29, 0.717) is 0 Å². The summed E-state index contributed by atoms with van der Waals surface area (Å²) in [6, 6.07) is 0. The van der Waals surface area contributed by atoms with Gasteiger partial charge in [-0.15, -0.1) is 0 Å². The number of aliphatic carboxylic acids is 4. The van der Waals surface area contributed by atoms with Crippen LogP contribution < -0.4 is 0 Å². The van der Waals surface area contributed by atoms with Crippen LogP contribution in [0.2, 0.25) is 0 Å². The fraction of sp³-hybridized carbons (Fsp3) is 0.500. The molecule has 18 heavy (non-hydrogen) atoms. The molecule has 0 aromatic carbocycles. The van der Waals surface area contributed by atoms with Crippen LogP contribution in [0.15, 0.2) is 0 Å². The second-order valence-corrected chi connectivity index (χ2v) is 2.93. The van der Waals surface area contributed by atoms with Crippen molar-refractivity contribution in [2.45, 2.75) is 12.2 Å². The Morgan fingerprint density at radius 3 is 1.17 bits per heavy atom. The van der Waals surface area contributed by atoms with E-state index in [1.807, 2.05) is 0 Å². The average Bonchev–Trinajstić information content (AvgIpc) is 2.20. The van der Waals surface area contributed by atoms with Gasteiger partial charge in [-0.25, -0.2) is 19.2 Å². The van der Waals surface area contributed by atoms with Gasteiger partial charge in [0.05, 0.1) is 0 Å². The van der Waals surface area contributed by atoms with Crippen molar-refractivity contribution in [3.05, 3.63) is 0 Å². The molecule has 2 unspecified atom stereocenters. The van der Waals surface area contributed by atoms with E-state index >= 15 is 0 Å². The Kier molecular flexibility index (Phi) is 6.31. The summed E-state index contributed by atoms with van der Waals surface area (Å²) in [6.07, 6.45) is -4.25. The Hall–Kier alpha value is -2.20. The first kappa shape index (κ1) is 15.8. The molecule has 0 rings (SSSR count). The molecule has 0 heterocycles. The van der Waals surface area contributed by atoms with Gasteiger partial charge in [-0.2, -0.15) is 0 Å². The Bertz CT molecular complexity index is 314. The Labute approximate surface area is 99.3 Å². The summed E-state index contributed by atoms with van der Waals surface area (Å²) in [5.74, 6) is -6.59. The number of carboxylic acid groups (broad SMARTS) is 4. The van der Waals surface area contributed by atoms with Crippen molar-refractivity contribution < 1.29 is 49.1 Å². The van der Waals surface area contributed by atoms with E-state index in [1.165, 1.54) is 0 Å². The summed E-state index contributed by atoms with van der Waals surface area (Å²) >= 11 is 0. The summed E-state index contributed by atoms with van der Waals surface area (Å²) < 4.78 is 8.65. The first-order valence-electron chi connectivity index (χ1n) is 4.38. The van der Waals surface area contributed by atoms with Gasteiger partial charge in [0.25, 0.3) is 0 Å². The van der Waals surface area contributed by atoms with Crippen LogP contribution in [0.5, 0.6) is 0 Å². The van der Waals surface area contributed by atoms with Crippen molar-refractivity contribution in [2.75, 3.05) is 13.2 Å². The second kappa shape index (κ2) is 7.19. The molecule has 0 aliphatic heterocycles. The lowest BCUT2D eigenvalue weighted by atomic mass is 10.2. The highest BCUT2D eigenvalue weighted by molar-refractivity contribution is 5.84. The van der Waals surface area contributed by atoms with Gasteiger partial charge < -0.3 is 29.9 Å². The molecule has 2 atom stereocenters. The fourth-order valence-corrected chi connectivity index (χ4v) is 0.898. The first-order valence-corrected chi connectivity index (χ1v) is 4.38. The second-order valence-electron chi connectivity index (χ2n) is 2.93. The lowest BCUT2D eigenvalue weighted by molar-refractivity contribution is -0.182. The SMILES string of the molecule is O=C(O)COC(C(=O)O)C(OCC(=O)O)C(=O)O. The topological polar surface area (TPSA) is 168 Å². The number of carbonyl (C=O) groups is 4. The zero-order chi connectivity index (χ0) is 14.3. The smallest absolute Gasteiger partial charge is 0.336 e. The van der Waals surface area contributed by atoms with Crippen LogP contribution in [0.3, 0.4) is 0 Å². The van der Waals surface area contributed by atoms with Crippen molar-refractivity contribution in [1.82, 2.24) is 0 Å². The van der Waals surface area contributed by atoms with Crippen molar-refractivity contribution in [1.29, 1.82) is 0 Å². The monoisotopic (exact) mass is 266 g/mol. The van der Waals surface area contributed by atoms with Crippen LogP contribution in [0, 0.1) is 0 Å². The third-order valence-corrected chi connectivity index (χ3v) is 1.53. The number of hydrogen-bond donors (Lipinski definition) is 4. The van der Waals surface area contributed by atoms with Gasteiger partial charge in [0.1, 0.15) is 13.2 Å². The summed E-state index contributed by atoms with van der Waals surface area (Å²) in [5.41, 5.74) is 0. The molecule has 0 aromatic heterocycles. The van der Waals surface area contributed by atoms with Gasteiger partial charge >= 0.3 is 23.9 Å². The van der Waals surface area contributed by atoms with Crippen LogP contribution in [0.1, 0.15) is 0 Å². The molecule has 0 aliphatic carbocycles. The van der Waals surface area contributed by atoms with E-state index in [9.17, 15) is 19.2 Å². The molecule has 0 aliphatic rings. The van der Waals surface area contributed by atoms with Crippen LogP contribution in [0.4, 0.5) is 0 Å². The van der Waals surface area contributed by atoms with E-state index < -0.39 is 49.3 Å². The molecule has 0 saturated heterocycles. The maximum absolute atomic E-state index is 10.7.